The first-order valence-corrected chi connectivity index (χ1v) is 7.94. The second-order valence-corrected chi connectivity index (χ2v) is 5.36. The number of rotatable bonds is 9. The van der Waals surface area contributed by atoms with Crippen LogP contribution in [-0.4, -0.2) is 65.4 Å². The molecular formula is C17H31IN4O2. The van der Waals surface area contributed by atoms with Crippen molar-refractivity contribution in [1.29, 1.82) is 0 Å². The van der Waals surface area contributed by atoms with Crippen molar-refractivity contribution in [2.24, 2.45) is 4.99 Å². The van der Waals surface area contributed by atoms with Crippen molar-refractivity contribution in [3.63, 3.8) is 0 Å². The first-order chi connectivity index (χ1) is 11.1. The van der Waals surface area contributed by atoms with Crippen molar-refractivity contribution < 1.29 is 9.47 Å². The van der Waals surface area contributed by atoms with E-state index in [1.807, 2.05) is 18.2 Å². The number of benzene rings is 1. The van der Waals surface area contributed by atoms with Crippen LogP contribution in [0, 0.1) is 0 Å². The Morgan fingerprint density at radius 1 is 1.21 bits per heavy atom. The molecule has 2 N–H and O–H groups in total. The van der Waals surface area contributed by atoms with Gasteiger partial charge >= 0.3 is 0 Å². The molecule has 0 aliphatic heterocycles. The maximum atomic E-state index is 5.49. The highest BCUT2D eigenvalue weighted by atomic mass is 127. The quantitative estimate of drug-likeness (QED) is 0.261. The van der Waals surface area contributed by atoms with Crippen molar-refractivity contribution >= 4 is 29.9 Å². The molecule has 7 heteroatoms. The van der Waals surface area contributed by atoms with E-state index in [2.05, 4.69) is 42.6 Å². The van der Waals surface area contributed by atoms with E-state index >= 15 is 0 Å². The molecule has 24 heavy (non-hydrogen) atoms. The summed E-state index contributed by atoms with van der Waals surface area (Å²) >= 11 is 0. The van der Waals surface area contributed by atoms with E-state index in [9.17, 15) is 0 Å². The van der Waals surface area contributed by atoms with Gasteiger partial charge in [-0.05, 0) is 27.1 Å². The van der Waals surface area contributed by atoms with Crippen molar-refractivity contribution in [2.75, 3.05) is 54.6 Å². The molecule has 138 valence electrons. The number of nitrogens with one attached hydrogen (secondary N) is 2. The molecule has 6 nitrogen and oxygen atoms in total. The average molecular weight is 450 g/mol. The van der Waals surface area contributed by atoms with Gasteiger partial charge in [0.2, 0.25) is 0 Å². The molecule has 0 radical (unpaired) electrons. The Balaban J connectivity index is 0.00000529. The van der Waals surface area contributed by atoms with Crippen molar-refractivity contribution in [2.45, 2.75) is 13.0 Å². The van der Waals surface area contributed by atoms with Crippen LogP contribution in [0.1, 0.15) is 18.5 Å². The van der Waals surface area contributed by atoms with E-state index in [4.69, 9.17) is 14.5 Å². The summed E-state index contributed by atoms with van der Waals surface area (Å²) in [7, 11) is 7.50. The highest BCUT2D eigenvalue weighted by molar-refractivity contribution is 14.0. The zero-order chi connectivity index (χ0) is 17.1. The lowest BCUT2D eigenvalue weighted by Crippen LogP contribution is -2.39. The zero-order valence-electron chi connectivity index (χ0n) is 15.3. The van der Waals surface area contributed by atoms with Crippen LogP contribution in [0.25, 0.3) is 0 Å². The van der Waals surface area contributed by atoms with E-state index in [0.717, 1.165) is 30.4 Å². The molecule has 0 saturated heterocycles. The van der Waals surface area contributed by atoms with E-state index in [-0.39, 0.29) is 30.0 Å². The summed E-state index contributed by atoms with van der Waals surface area (Å²) in [5.41, 5.74) is 1.14. The summed E-state index contributed by atoms with van der Waals surface area (Å²) in [4.78, 5) is 6.85. The molecule has 0 saturated carbocycles. The molecule has 0 aromatic heterocycles. The summed E-state index contributed by atoms with van der Waals surface area (Å²) in [5, 5.41) is 6.51. The Morgan fingerprint density at radius 3 is 2.50 bits per heavy atom. The van der Waals surface area contributed by atoms with E-state index in [1.54, 1.807) is 14.2 Å². The third-order valence-corrected chi connectivity index (χ3v) is 3.49. The second kappa shape index (κ2) is 13.3. The van der Waals surface area contributed by atoms with Gasteiger partial charge < -0.3 is 25.0 Å². The Labute approximate surface area is 163 Å². The molecule has 0 amide bonds. The van der Waals surface area contributed by atoms with Crippen LogP contribution in [0.2, 0.25) is 0 Å². The average Bonchev–Trinajstić information content (AvgIpc) is 2.55. The van der Waals surface area contributed by atoms with Crippen LogP contribution in [0.5, 0.6) is 5.75 Å². The lowest BCUT2D eigenvalue weighted by Gasteiger charge is -2.25. The maximum absolute atomic E-state index is 5.49. The fraction of sp³-hybridized carbons (Fsp3) is 0.588. The van der Waals surface area contributed by atoms with Gasteiger partial charge in [-0.15, -0.1) is 24.0 Å². The monoisotopic (exact) mass is 450 g/mol. The third kappa shape index (κ3) is 7.67. The number of aliphatic imine (C=N–C) groups is 1. The highest BCUT2D eigenvalue weighted by Gasteiger charge is 2.18. The number of likely N-dealkylation sites (N-methyl/N-ethyl adjacent to an activating group) is 1. The van der Waals surface area contributed by atoms with Crippen LogP contribution in [-0.2, 0) is 4.74 Å². The van der Waals surface area contributed by atoms with Crippen LogP contribution < -0.4 is 15.4 Å². The fourth-order valence-corrected chi connectivity index (χ4v) is 2.27. The SMILES string of the molecule is CCNC(=NCC(c1ccccc1OC)N(C)C)NCCOC.I. The molecule has 0 heterocycles. The number of hydrogen-bond acceptors (Lipinski definition) is 4. The van der Waals surface area contributed by atoms with Crippen LogP contribution >= 0.6 is 24.0 Å². The van der Waals surface area contributed by atoms with Gasteiger partial charge in [-0.25, -0.2) is 0 Å². The molecule has 0 bridgehead atoms. The molecule has 1 unspecified atom stereocenters. The predicted octanol–water partition coefficient (Wildman–Crippen LogP) is 2.12. The molecule has 1 rings (SSSR count). The molecule has 0 aliphatic carbocycles. The van der Waals surface area contributed by atoms with Gasteiger partial charge in [-0.2, -0.15) is 0 Å². The van der Waals surface area contributed by atoms with E-state index < -0.39 is 0 Å². The topological polar surface area (TPSA) is 58.1 Å². The lowest BCUT2D eigenvalue weighted by molar-refractivity contribution is 0.203. The molecule has 0 aliphatic rings. The summed E-state index contributed by atoms with van der Waals surface area (Å²) in [6.45, 7) is 4.88. The van der Waals surface area contributed by atoms with Crippen LogP contribution in [0.4, 0.5) is 0 Å². The zero-order valence-corrected chi connectivity index (χ0v) is 17.7. The number of methoxy groups -OCH3 is 2. The van der Waals surface area contributed by atoms with E-state index in [0.29, 0.717) is 13.2 Å². The number of hydrogen-bond donors (Lipinski definition) is 2. The highest BCUT2D eigenvalue weighted by Crippen LogP contribution is 2.27. The minimum atomic E-state index is 0. The van der Waals surface area contributed by atoms with Gasteiger partial charge in [0.1, 0.15) is 5.75 Å². The van der Waals surface area contributed by atoms with Gasteiger partial charge in [0.25, 0.3) is 0 Å². The molecule has 0 fully saturated rings. The Bertz CT molecular complexity index is 483. The first kappa shape index (κ1) is 22.9. The number of para-hydroxylation sites is 1. The largest absolute Gasteiger partial charge is 0.496 e. The fourth-order valence-electron chi connectivity index (χ4n) is 2.27. The first-order valence-electron chi connectivity index (χ1n) is 7.94. The van der Waals surface area contributed by atoms with Gasteiger partial charge in [-0.1, -0.05) is 18.2 Å². The van der Waals surface area contributed by atoms with Crippen LogP contribution in [0.15, 0.2) is 29.3 Å². The molecule has 0 spiro atoms. The normalized spacial score (nSPS) is 12.5. The minimum absolute atomic E-state index is 0. The van der Waals surface area contributed by atoms with Gasteiger partial charge in [0, 0.05) is 25.8 Å². The molecule has 1 aromatic rings. The summed E-state index contributed by atoms with van der Waals surface area (Å²) < 4.78 is 10.6. The van der Waals surface area contributed by atoms with Gasteiger partial charge in [0.05, 0.1) is 26.3 Å². The number of halogens is 1. The summed E-state index contributed by atoms with van der Waals surface area (Å²) in [5.74, 6) is 1.69. The van der Waals surface area contributed by atoms with Crippen molar-refractivity contribution in [3.8, 4) is 5.75 Å². The van der Waals surface area contributed by atoms with Gasteiger partial charge in [-0.3, -0.25) is 4.99 Å². The minimum Gasteiger partial charge on any atom is -0.496 e. The Morgan fingerprint density at radius 2 is 1.92 bits per heavy atom. The molecular weight excluding hydrogens is 419 g/mol. The Hall–Kier alpha value is -1.06. The number of guanidine groups is 1. The van der Waals surface area contributed by atoms with Crippen LogP contribution in [0.3, 0.4) is 0 Å². The summed E-state index contributed by atoms with van der Waals surface area (Å²) in [6.07, 6.45) is 0. The maximum Gasteiger partial charge on any atom is 0.191 e. The summed E-state index contributed by atoms with van der Waals surface area (Å²) in [6, 6.07) is 8.22. The molecule has 1 atom stereocenters. The number of nitrogens with zero attached hydrogens (tertiary/aromatic N) is 2. The lowest BCUT2D eigenvalue weighted by atomic mass is 10.0. The number of ether oxygens (including phenoxy) is 2. The van der Waals surface area contributed by atoms with Crippen molar-refractivity contribution in [3.05, 3.63) is 29.8 Å². The van der Waals surface area contributed by atoms with Crippen molar-refractivity contribution in [1.82, 2.24) is 15.5 Å². The second-order valence-electron chi connectivity index (χ2n) is 5.36. The third-order valence-electron chi connectivity index (χ3n) is 3.49. The standard InChI is InChI=1S/C17H30N4O2.HI/c1-6-18-17(19-11-12-22-4)20-13-15(21(2)3)14-9-7-8-10-16(14)23-5;/h7-10,15H,6,11-13H2,1-5H3,(H2,18,19,20);1H. The smallest absolute Gasteiger partial charge is 0.191 e. The predicted molar refractivity (Wildman–Crippen MR) is 111 cm³/mol. The molecule has 1 aromatic carbocycles. The van der Waals surface area contributed by atoms with E-state index in [1.165, 1.54) is 0 Å². The van der Waals surface area contributed by atoms with Gasteiger partial charge in [0.15, 0.2) is 5.96 Å². The Kier molecular flexibility index (Phi) is 12.7.